The monoisotopic (exact) mass is 287 g/mol. The van der Waals surface area contributed by atoms with Crippen LogP contribution in [0, 0.1) is 0 Å². The molecule has 2 aromatic rings. The van der Waals surface area contributed by atoms with Gasteiger partial charge >= 0.3 is 6.18 Å². The van der Waals surface area contributed by atoms with Crippen LogP contribution in [-0.4, -0.2) is 26.7 Å². The van der Waals surface area contributed by atoms with Crippen LogP contribution >= 0.6 is 11.8 Å². The van der Waals surface area contributed by atoms with Crippen LogP contribution in [0.4, 0.5) is 13.2 Å². The van der Waals surface area contributed by atoms with Crippen LogP contribution in [0.2, 0.25) is 0 Å². The SMILES string of the molecule is Cn1c(SCCC(F)(F)F)nnc1-c1ccccc1. The molecule has 0 saturated carbocycles. The molecule has 0 N–H and O–H groups in total. The fraction of sp³-hybridized carbons (Fsp3) is 0.333. The van der Waals surface area contributed by atoms with Gasteiger partial charge in [0.15, 0.2) is 11.0 Å². The maximum atomic E-state index is 12.1. The van der Waals surface area contributed by atoms with Gasteiger partial charge in [0.1, 0.15) is 0 Å². The Bertz CT molecular complexity index is 537. The number of benzene rings is 1. The number of halogens is 3. The van der Waals surface area contributed by atoms with Crippen LogP contribution in [0.5, 0.6) is 0 Å². The van der Waals surface area contributed by atoms with Gasteiger partial charge < -0.3 is 4.57 Å². The molecule has 1 aromatic carbocycles. The van der Waals surface area contributed by atoms with Crippen molar-refractivity contribution >= 4 is 11.8 Å². The first-order valence-electron chi connectivity index (χ1n) is 5.62. The lowest BCUT2D eigenvalue weighted by Crippen LogP contribution is -2.08. The molecule has 102 valence electrons. The quantitative estimate of drug-likeness (QED) is 0.806. The van der Waals surface area contributed by atoms with Gasteiger partial charge in [-0.2, -0.15) is 13.2 Å². The summed E-state index contributed by atoms with van der Waals surface area (Å²) in [4.78, 5) is 0. The lowest BCUT2D eigenvalue weighted by molar-refractivity contribution is -0.129. The van der Waals surface area contributed by atoms with Crippen molar-refractivity contribution < 1.29 is 13.2 Å². The number of alkyl halides is 3. The first-order chi connectivity index (χ1) is 8.97. The Kier molecular flexibility index (Phi) is 4.14. The first-order valence-corrected chi connectivity index (χ1v) is 6.60. The molecular formula is C12H12F3N3S. The number of hydrogen-bond acceptors (Lipinski definition) is 3. The average molecular weight is 287 g/mol. The van der Waals surface area contributed by atoms with E-state index in [-0.39, 0.29) is 5.75 Å². The van der Waals surface area contributed by atoms with Gasteiger partial charge in [-0.15, -0.1) is 10.2 Å². The average Bonchev–Trinajstić information content (AvgIpc) is 2.71. The summed E-state index contributed by atoms with van der Waals surface area (Å²) in [5.41, 5.74) is 0.889. The highest BCUT2D eigenvalue weighted by molar-refractivity contribution is 7.99. The van der Waals surface area contributed by atoms with E-state index in [0.717, 1.165) is 17.3 Å². The highest BCUT2D eigenvalue weighted by Crippen LogP contribution is 2.27. The topological polar surface area (TPSA) is 30.7 Å². The van der Waals surface area contributed by atoms with E-state index >= 15 is 0 Å². The van der Waals surface area contributed by atoms with E-state index in [9.17, 15) is 13.2 Å². The predicted molar refractivity (Wildman–Crippen MR) is 67.8 cm³/mol. The number of nitrogens with zero attached hydrogens (tertiary/aromatic N) is 3. The van der Waals surface area contributed by atoms with Gasteiger partial charge in [-0.05, 0) is 0 Å². The molecule has 3 nitrogen and oxygen atoms in total. The van der Waals surface area contributed by atoms with Gasteiger partial charge in [-0.3, -0.25) is 0 Å². The molecule has 19 heavy (non-hydrogen) atoms. The molecule has 0 atom stereocenters. The van der Waals surface area contributed by atoms with E-state index in [1.807, 2.05) is 30.3 Å². The van der Waals surface area contributed by atoms with Crippen LogP contribution in [0.3, 0.4) is 0 Å². The molecule has 0 aliphatic heterocycles. The lowest BCUT2D eigenvalue weighted by atomic mass is 10.2. The van der Waals surface area contributed by atoms with Crippen molar-refractivity contribution in [3.05, 3.63) is 30.3 Å². The number of aromatic nitrogens is 3. The summed E-state index contributed by atoms with van der Waals surface area (Å²) >= 11 is 1.06. The zero-order chi connectivity index (χ0) is 13.9. The number of thioether (sulfide) groups is 1. The van der Waals surface area contributed by atoms with Gasteiger partial charge in [-0.25, -0.2) is 0 Å². The molecule has 0 spiro atoms. The van der Waals surface area contributed by atoms with Gasteiger partial charge in [0.2, 0.25) is 0 Å². The second-order valence-corrected chi connectivity index (χ2v) is 5.01. The molecule has 0 bridgehead atoms. The van der Waals surface area contributed by atoms with Gasteiger partial charge in [0, 0.05) is 18.4 Å². The highest BCUT2D eigenvalue weighted by atomic mass is 32.2. The number of rotatable bonds is 4. The Morgan fingerprint density at radius 3 is 2.47 bits per heavy atom. The van der Waals surface area contributed by atoms with Crippen molar-refractivity contribution in [1.29, 1.82) is 0 Å². The standard InChI is InChI=1S/C12H12F3N3S/c1-18-10(9-5-3-2-4-6-9)16-17-11(18)19-8-7-12(13,14)15/h2-6H,7-8H2,1H3. The Labute approximate surface area is 112 Å². The van der Waals surface area contributed by atoms with Crippen LogP contribution in [0.25, 0.3) is 11.4 Å². The van der Waals surface area contributed by atoms with E-state index < -0.39 is 12.6 Å². The summed E-state index contributed by atoms with van der Waals surface area (Å²) in [6, 6.07) is 9.40. The molecule has 0 aliphatic rings. The summed E-state index contributed by atoms with van der Waals surface area (Å²) in [5.74, 6) is 0.597. The van der Waals surface area contributed by atoms with Crippen molar-refractivity contribution in [3.63, 3.8) is 0 Å². The summed E-state index contributed by atoms with van der Waals surface area (Å²) in [5, 5.41) is 8.42. The summed E-state index contributed by atoms with van der Waals surface area (Å²) in [7, 11) is 1.75. The molecule has 1 heterocycles. The highest BCUT2D eigenvalue weighted by Gasteiger charge is 2.26. The van der Waals surface area contributed by atoms with Gasteiger partial charge in [-0.1, -0.05) is 42.1 Å². The summed E-state index contributed by atoms with van der Waals surface area (Å²) in [6.45, 7) is 0. The molecule has 2 rings (SSSR count). The van der Waals surface area contributed by atoms with Crippen LogP contribution in [0.1, 0.15) is 6.42 Å². The predicted octanol–water partition coefficient (Wildman–Crippen LogP) is 3.53. The third-order valence-corrected chi connectivity index (χ3v) is 3.51. The Balaban J connectivity index is 2.07. The Morgan fingerprint density at radius 2 is 1.84 bits per heavy atom. The van der Waals surface area contributed by atoms with Gasteiger partial charge in [0.05, 0.1) is 6.42 Å². The first kappa shape index (κ1) is 13.9. The van der Waals surface area contributed by atoms with E-state index in [1.165, 1.54) is 0 Å². The minimum Gasteiger partial charge on any atom is -0.305 e. The third kappa shape index (κ3) is 3.73. The van der Waals surface area contributed by atoms with Crippen LogP contribution < -0.4 is 0 Å². The van der Waals surface area contributed by atoms with Crippen LogP contribution in [0.15, 0.2) is 35.5 Å². The van der Waals surface area contributed by atoms with E-state index in [2.05, 4.69) is 10.2 Å². The maximum absolute atomic E-state index is 12.1. The minimum atomic E-state index is -4.13. The van der Waals surface area contributed by atoms with Crippen molar-refractivity contribution in [1.82, 2.24) is 14.8 Å². The van der Waals surface area contributed by atoms with E-state index in [4.69, 9.17) is 0 Å². The fourth-order valence-electron chi connectivity index (χ4n) is 1.54. The number of hydrogen-bond donors (Lipinski definition) is 0. The normalized spacial score (nSPS) is 11.8. The minimum absolute atomic E-state index is 0.0513. The molecule has 0 saturated heterocycles. The van der Waals surface area contributed by atoms with Gasteiger partial charge in [0.25, 0.3) is 0 Å². The molecule has 0 amide bonds. The lowest BCUT2D eigenvalue weighted by Gasteiger charge is -2.06. The Hall–Kier alpha value is -1.50. The summed E-state index contributed by atoms with van der Waals surface area (Å²) in [6.07, 6.45) is -4.96. The zero-order valence-corrected chi connectivity index (χ0v) is 11.0. The summed E-state index contributed by atoms with van der Waals surface area (Å²) < 4.78 is 37.9. The molecule has 0 fully saturated rings. The molecule has 0 unspecified atom stereocenters. The Morgan fingerprint density at radius 1 is 1.16 bits per heavy atom. The molecular weight excluding hydrogens is 275 g/mol. The van der Waals surface area contributed by atoms with E-state index in [0.29, 0.717) is 11.0 Å². The van der Waals surface area contributed by atoms with Crippen LogP contribution in [-0.2, 0) is 7.05 Å². The van der Waals surface area contributed by atoms with Crippen molar-refractivity contribution in [2.75, 3.05) is 5.75 Å². The second kappa shape index (κ2) is 5.64. The fourth-order valence-corrected chi connectivity index (χ4v) is 2.43. The molecule has 7 heteroatoms. The third-order valence-electron chi connectivity index (χ3n) is 2.48. The molecule has 1 aromatic heterocycles. The van der Waals surface area contributed by atoms with Crippen molar-refractivity contribution in [2.24, 2.45) is 7.05 Å². The molecule has 0 aliphatic carbocycles. The second-order valence-electron chi connectivity index (χ2n) is 3.94. The zero-order valence-electron chi connectivity index (χ0n) is 10.2. The largest absolute Gasteiger partial charge is 0.389 e. The van der Waals surface area contributed by atoms with Crippen molar-refractivity contribution in [2.45, 2.75) is 17.8 Å². The molecule has 0 radical (unpaired) electrons. The smallest absolute Gasteiger partial charge is 0.305 e. The van der Waals surface area contributed by atoms with Crippen molar-refractivity contribution in [3.8, 4) is 11.4 Å². The van der Waals surface area contributed by atoms with E-state index in [1.54, 1.807) is 11.6 Å². The maximum Gasteiger partial charge on any atom is 0.389 e.